The minimum atomic E-state index is 1.19. The first-order valence-corrected chi connectivity index (χ1v) is 18.3. The minimum Gasteiger partial charge on any atom is -0.132 e. The van der Waals surface area contributed by atoms with Crippen molar-refractivity contribution >= 4 is 124 Å². The van der Waals surface area contributed by atoms with Crippen molar-refractivity contribution in [2.75, 3.05) is 25.0 Å². The van der Waals surface area contributed by atoms with E-state index >= 15 is 0 Å². The van der Waals surface area contributed by atoms with Crippen molar-refractivity contribution in [1.29, 1.82) is 0 Å². The van der Waals surface area contributed by atoms with E-state index in [9.17, 15) is 0 Å². The van der Waals surface area contributed by atoms with Gasteiger partial charge >= 0.3 is 0 Å². The molecule has 0 aliphatic heterocycles. The SMILES string of the molecule is CSc1cc(Br)sc1-c1cc(SC)c(-c2sc(-c3sc(Br)cc3SC)cc2SC)s1. The van der Waals surface area contributed by atoms with Crippen LogP contribution in [0.3, 0.4) is 0 Å². The van der Waals surface area contributed by atoms with Crippen LogP contribution in [0.15, 0.2) is 51.4 Å². The fourth-order valence-electron chi connectivity index (χ4n) is 2.93. The molecule has 158 valence electrons. The van der Waals surface area contributed by atoms with Crippen LogP contribution in [0, 0.1) is 0 Å². The maximum absolute atomic E-state index is 3.67. The molecule has 4 heterocycles. The van der Waals surface area contributed by atoms with Gasteiger partial charge in [0.2, 0.25) is 0 Å². The van der Waals surface area contributed by atoms with E-state index in [1.165, 1.54) is 56.4 Å². The summed E-state index contributed by atoms with van der Waals surface area (Å²) in [5.74, 6) is 0. The van der Waals surface area contributed by atoms with Crippen LogP contribution >= 0.6 is 124 Å². The summed E-state index contributed by atoms with van der Waals surface area (Å²) in [6, 6.07) is 9.22. The second kappa shape index (κ2) is 10.6. The van der Waals surface area contributed by atoms with Crippen LogP contribution in [0.1, 0.15) is 0 Å². The molecule has 0 amide bonds. The van der Waals surface area contributed by atoms with E-state index in [4.69, 9.17) is 0 Å². The average molecular weight is 673 g/mol. The Hall–Kier alpha value is 1.16. The first-order chi connectivity index (χ1) is 14.5. The van der Waals surface area contributed by atoms with Gasteiger partial charge in [-0.1, -0.05) is 0 Å². The van der Waals surface area contributed by atoms with Gasteiger partial charge in [-0.05, 0) is 81.1 Å². The molecule has 0 N–H and O–H groups in total. The Kier molecular flexibility index (Phi) is 8.59. The second-order valence-electron chi connectivity index (χ2n) is 5.91. The summed E-state index contributed by atoms with van der Waals surface area (Å²) in [6.07, 6.45) is 8.68. The molecular weight excluding hydrogens is 657 g/mol. The van der Waals surface area contributed by atoms with E-state index < -0.39 is 0 Å². The molecule has 0 radical (unpaired) electrons. The third kappa shape index (κ3) is 4.83. The third-order valence-corrected chi connectivity index (χ3v) is 13.9. The van der Waals surface area contributed by atoms with E-state index in [0.717, 1.165) is 0 Å². The van der Waals surface area contributed by atoms with Crippen LogP contribution in [-0.2, 0) is 0 Å². The lowest BCUT2D eigenvalue weighted by Gasteiger charge is -2.00. The molecule has 0 fully saturated rings. The standard InChI is InChI=1S/C20H16Br2S8/c1-23-9-5-13(17-11(25-3)7-15(21)29-17)27-19(9)20-10(24-2)6-14(28-20)18-12(26-4)8-16(22)30-18/h5-8H,1-4H3. The van der Waals surface area contributed by atoms with Crippen molar-refractivity contribution in [2.24, 2.45) is 0 Å². The Morgan fingerprint density at radius 2 is 0.833 bits per heavy atom. The molecule has 0 bridgehead atoms. The first-order valence-electron chi connectivity index (χ1n) is 8.52. The molecule has 10 heteroatoms. The molecular formula is C20H16Br2S8. The number of hydrogen-bond acceptors (Lipinski definition) is 8. The fourth-order valence-corrected chi connectivity index (χ4v) is 12.9. The number of thioether (sulfide) groups is 4. The average Bonchev–Trinajstić information content (AvgIpc) is 3.50. The zero-order chi connectivity index (χ0) is 21.4. The summed E-state index contributed by atoms with van der Waals surface area (Å²) in [4.78, 5) is 13.7. The predicted octanol–water partition coefficient (Wildman–Crippen LogP) is 11.3. The van der Waals surface area contributed by atoms with E-state index in [1.807, 2.05) is 92.4 Å². The molecule has 0 saturated heterocycles. The highest BCUT2D eigenvalue weighted by Gasteiger charge is 2.22. The zero-order valence-corrected chi connectivity index (χ0v) is 26.0. The van der Waals surface area contributed by atoms with Crippen LogP contribution in [0.25, 0.3) is 29.3 Å². The molecule has 0 aliphatic rings. The lowest BCUT2D eigenvalue weighted by Crippen LogP contribution is -1.71. The quantitative estimate of drug-likeness (QED) is 0.179. The fraction of sp³-hybridized carbons (Fsp3) is 0.200. The highest BCUT2D eigenvalue weighted by atomic mass is 79.9. The van der Waals surface area contributed by atoms with Crippen LogP contribution < -0.4 is 0 Å². The first kappa shape index (κ1) is 24.3. The summed E-state index contributed by atoms with van der Waals surface area (Å²) in [5.41, 5.74) is 0. The maximum Gasteiger partial charge on any atom is 0.0716 e. The van der Waals surface area contributed by atoms with Gasteiger partial charge in [-0.25, -0.2) is 0 Å². The van der Waals surface area contributed by atoms with Crippen LogP contribution in [0.2, 0.25) is 0 Å². The van der Waals surface area contributed by atoms with Crippen molar-refractivity contribution in [1.82, 2.24) is 0 Å². The van der Waals surface area contributed by atoms with E-state index in [-0.39, 0.29) is 0 Å². The molecule has 30 heavy (non-hydrogen) atoms. The summed E-state index contributed by atoms with van der Waals surface area (Å²) in [7, 11) is 0. The topological polar surface area (TPSA) is 0 Å². The maximum atomic E-state index is 3.67. The molecule has 0 saturated carbocycles. The normalized spacial score (nSPS) is 11.5. The highest BCUT2D eigenvalue weighted by Crippen LogP contribution is 2.53. The van der Waals surface area contributed by atoms with Gasteiger partial charge in [0.15, 0.2) is 0 Å². The van der Waals surface area contributed by atoms with Crippen LogP contribution in [-0.4, -0.2) is 25.0 Å². The molecule has 0 atom stereocenters. The lowest BCUT2D eigenvalue weighted by molar-refractivity contribution is 1.51. The van der Waals surface area contributed by atoms with E-state index in [2.05, 4.69) is 81.1 Å². The largest absolute Gasteiger partial charge is 0.132 e. The molecule has 0 spiro atoms. The molecule has 4 rings (SSSR count). The summed E-state index contributed by atoms with van der Waals surface area (Å²) in [6.45, 7) is 0. The van der Waals surface area contributed by atoms with Crippen molar-refractivity contribution in [2.45, 2.75) is 19.6 Å². The smallest absolute Gasteiger partial charge is 0.0716 e. The number of rotatable bonds is 7. The Bertz CT molecular complexity index is 1090. The molecule has 4 aromatic rings. The molecule has 0 unspecified atom stereocenters. The molecule has 0 nitrogen and oxygen atoms in total. The zero-order valence-electron chi connectivity index (χ0n) is 16.3. The van der Waals surface area contributed by atoms with Crippen molar-refractivity contribution in [3.8, 4) is 29.3 Å². The van der Waals surface area contributed by atoms with Gasteiger partial charge in [0, 0.05) is 29.3 Å². The van der Waals surface area contributed by atoms with Crippen molar-refractivity contribution < 1.29 is 0 Å². The predicted molar refractivity (Wildman–Crippen MR) is 157 cm³/mol. The van der Waals surface area contributed by atoms with Crippen LogP contribution in [0.4, 0.5) is 0 Å². The Morgan fingerprint density at radius 1 is 0.500 bits per heavy atom. The monoisotopic (exact) mass is 670 g/mol. The van der Waals surface area contributed by atoms with E-state index in [0.29, 0.717) is 0 Å². The van der Waals surface area contributed by atoms with Gasteiger partial charge in [0.25, 0.3) is 0 Å². The Labute approximate surface area is 227 Å². The molecule has 0 aromatic carbocycles. The molecule has 0 aliphatic carbocycles. The number of hydrogen-bond donors (Lipinski definition) is 0. The minimum absolute atomic E-state index is 1.19. The number of halogens is 2. The van der Waals surface area contributed by atoms with Crippen molar-refractivity contribution in [3.63, 3.8) is 0 Å². The summed E-state index contributed by atoms with van der Waals surface area (Å²) < 4.78 is 2.39. The van der Waals surface area contributed by atoms with Crippen molar-refractivity contribution in [3.05, 3.63) is 31.8 Å². The van der Waals surface area contributed by atoms with Gasteiger partial charge < -0.3 is 0 Å². The summed E-state index contributed by atoms with van der Waals surface area (Å²) >= 11 is 22.2. The second-order valence-corrected chi connectivity index (χ2v) is 16.3. The van der Waals surface area contributed by atoms with Gasteiger partial charge in [-0.2, -0.15) is 0 Å². The lowest BCUT2D eigenvalue weighted by atomic mass is 10.3. The van der Waals surface area contributed by atoms with Gasteiger partial charge in [0.05, 0.1) is 27.1 Å². The third-order valence-electron chi connectivity index (χ3n) is 4.27. The van der Waals surface area contributed by atoms with Crippen LogP contribution in [0.5, 0.6) is 0 Å². The Morgan fingerprint density at radius 3 is 1.17 bits per heavy atom. The summed E-state index contributed by atoms with van der Waals surface area (Å²) in [5, 5.41) is 0. The molecule has 4 aromatic heterocycles. The van der Waals surface area contributed by atoms with E-state index in [1.54, 1.807) is 0 Å². The van der Waals surface area contributed by atoms with Gasteiger partial charge in [-0.15, -0.1) is 92.4 Å². The Balaban J connectivity index is 1.84. The van der Waals surface area contributed by atoms with Gasteiger partial charge in [-0.3, -0.25) is 0 Å². The highest BCUT2D eigenvalue weighted by molar-refractivity contribution is 9.11. The van der Waals surface area contributed by atoms with Gasteiger partial charge in [0.1, 0.15) is 0 Å². The number of thiophene rings is 4.